The zero-order valence-corrected chi connectivity index (χ0v) is 11.6. The molecule has 0 bridgehead atoms. The largest absolute Gasteiger partial charge is 0.311 e. The third-order valence-electron chi connectivity index (χ3n) is 3.75. The Labute approximate surface area is 102 Å². The number of unbranched alkanes of at least 4 members (excludes halogenated alkanes) is 1. The minimum atomic E-state index is 0.733. The molecule has 1 N–H and O–H groups in total. The van der Waals surface area contributed by atoms with Gasteiger partial charge in [-0.25, -0.2) is 0 Å². The van der Waals surface area contributed by atoms with Gasteiger partial charge in [0.15, 0.2) is 0 Å². The van der Waals surface area contributed by atoms with Crippen LogP contribution in [0.15, 0.2) is 0 Å². The highest BCUT2D eigenvalue weighted by atomic mass is 15.2. The summed E-state index contributed by atoms with van der Waals surface area (Å²) in [6, 6.07) is 1.48. The molecule has 1 aliphatic rings. The first kappa shape index (κ1) is 14.0. The lowest BCUT2D eigenvalue weighted by molar-refractivity contribution is 0.0942. The Hall–Kier alpha value is -0.0800. The smallest absolute Gasteiger partial charge is 0.0244 e. The molecular formula is C14H30N2. The molecule has 1 saturated heterocycles. The van der Waals surface area contributed by atoms with Crippen LogP contribution < -0.4 is 5.32 Å². The zero-order chi connectivity index (χ0) is 12.0. The molecule has 16 heavy (non-hydrogen) atoms. The molecule has 2 atom stereocenters. The van der Waals surface area contributed by atoms with Crippen molar-refractivity contribution in [1.82, 2.24) is 10.2 Å². The standard InChI is InChI=1S/C14H30N2/c1-5-7-9-16-11-13(8-6-2)15-10-14(16)12(3)4/h12-15H,5-11H2,1-4H3. The maximum absolute atomic E-state index is 3.72. The van der Waals surface area contributed by atoms with E-state index in [9.17, 15) is 0 Å². The molecule has 0 saturated carbocycles. The van der Waals surface area contributed by atoms with Gasteiger partial charge in [0.2, 0.25) is 0 Å². The molecule has 2 unspecified atom stereocenters. The third kappa shape index (κ3) is 4.06. The van der Waals surface area contributed by atoms with Gasteiger partial charge in [-0.1, -0.05) is 40.5 Å². The second kappa shape index (κ2) is 7.29. The van der Waals surface area contributed by atoms with Crippen molar-refractivity contribution in [2.45, 2.75) is 65.5 Å². The number of hydrogen-bond donors (Lipinski definition) is 1. The lowest BCUT2D eigenvalue weighted by atomic mass is 9.96. The van der Waals surface area contributed by atoms with Crippen LogP contribution in [-0.2, 0) is 0 Å². The molecule has 0 aromatic carbocycles. The average Bonchev–Trinajstić information content (AvgIpc) is 2.26. The van der Waals surface area contributed by atoms with Crippen LogP contribution in [0.2, 0.25) is 0 Å². The number of nitrogens with zero attached hydrogens (tertiary/aromatic N) is 1. The molecule has 0 spiro atoms. The molecule has 1 rings (SSSR count). The number of piperazine rings is 1. The Morgan fingerprint density at radius 2 is 2.00 bits per heavy atom. The van der Waals surface area contributed by atoms with Crippen LogP contribution >= 0.6 is 0 Å². The monoisotopic (exact) mass is 226 g/mol. The SMILES string of the molecule is CCCCN1CC(CCC)NCC1C(C)C. The lowest BCUT2D eigenvalue weighted by Gasteiger charge is -2.42. The van der Waals surface area contributed by atoms with E-state index in [1.54, 1.807) is 0 Å². The molecule has 2 nitrogen and oxygen atoms in total. The van der Waals surface area contributed by atoms with Crippen LogP contribution in [-0.4, -0.2) is 36.6 Å². The van der Waals surface area contributed by atoms with Crippen molar-refractivity contribution >= 4 is 0 Å². The third-order valence-corrected chi connectivity index (χ3v) is 3.75. The van der Waals surface area contributed by atoms with E-state index in [0.717, 1.165) is 18.0 Å². The first-order valence-corrected chi connectivity index (χ1v) is 7.16. The Morgan fingerprint density at radius 3 is 2.56 bits per heavy atom. The van der Waals surface area contributed by atoms with Crippen LogP contribution in [0.3, 0.4) is 0 Å². The van der Waals surface area contributed by atoms with Crippen LogP contribution in [0.25, 0.3) is 0 Å². The second-order valence-electron chi connectivity index (χ2n) is 5.55. The predicted molar refractivity (Wildman–Crippen MR) is 71.8 cm³/mol. The highest BCUT2D eigenvalue weighted by Crippen LogP contribution is 2.17. The minimum absolute atomic E-state index is 0.733. The van der Waals surface area contributed by atoms with Gasteiger partial charge in [0, 0.05) is 25.2 Å². The molecule has 2 heteroatoms. The van der Waals surface area contributed by atoms with Crippen molar-refractivity contribution in [3.05, 3.63) is 0 Å². The average molecular weight is 226 g/mol. The normalized spacial score (nSPS) is 27.6. The summed E-state index contributed by atoms with van der Waals surface area (Å²) in [6.45, 7) is 13.0. The first-order chi connectivity index (χ1) is 7.69. The van der Waals surface area contributed by atoms with Gasteiger partial charge in [0.25, 0.3) is 0 Å². The van der Waals surface area contributed by atoms with E-state index in [2.05, 4.69) is 37.9 Å². The van der Waals surface area contributed by atoms with E-state index in [-0.39, 0.29) is 0 Å². The van der Waals surface area contributed by atoms with Gasteiger partial charge < -0.3 is 5.32 Å². The van der Waals surface area contributed by atoms with Gasteiger partial charge in [-0.15, -0.1) is 0 Å². The fourth-order valence-corrected chi connectivity index (χ4v) is 2.72. The molecule has 1 heterocycles. The van der Waals surface area contributed by atoms with Crippen molar-refractivity contribution < 1.29 is 0 Å². The van der Waals surface area contributed by atoms with Crippen molar-refractivity contribution in [2.75, 3.05) is 19.6 Å². The second-order valence-corrected chi connectivity index (χ2v) is 5.55. The molecule has 1 fully saturated rings. The lowest BCUT2D eigenvalue weighted by Crippen LogP contribution is -2.58. The molecule has 0 amide bonds. The topological polar surface area (TPSA) is 15.3 Å². The maximum atomic E-state index is 3.72. The molecule has 0 radical (unpaired) electrons. The van der Waals surface area contributed by atoms with Gasteiger partial charge in [-0.05, 0) is 25.3 Å². The highest BCUT2D eigenvalue weighted by molar-refractivity contribution is 4.87. The highest BCUT2D eigenvalue weighted by Gasteiger charge is 2.28. The van der Waals surface area contributed by atoms with E-state index >= 15 is 0 Å². The fourth-order valence-electron chi connectivity index (χ4n) is 2.72. The number of rotatable bonds is 6. The van der Waals surface area contributed by atoms with Crippen molar-refractivity contribution in [1.29, 1.82) is 0 Å². The number of hydrogen-bond acceptors (Lipinski definition) is 2. The summed E-state index contributed by atoms with van der Waals surface area (Å²) >= 11 is 0. The molecule has 1 aliphatic heterocycles. The van der Waals surface area contributed by atoms with Gasteiger partial charge >= 0.3 is 0 Å². The summed E-state index contributed by atoms with van der Waals surface area (Å²) < 4.78 is 0. The van der Waals surface area contributed by atoms with Gasteiger partial charge in [0.05, 0.1) is 0 Å². The van der Waals surface area contributed by atoms with Crippen LogP contribution in [0.1, 0.15) is 53.4 Å². The van der Waals surface area contributed by atoms with Gasteiger partial charge in [0.1, 0.15) is 0 Å². The van der Waals surface area contributed by atoms with Crippen molar-refractivity contribution in [2.24, 2.45) is 5.92 Å². The van der Waals surface area contributed by atoms with Crippen LogP contribution in [0.4, 0.5) is 0 Å². The Bertz CT molecular complexity index is 180. The summed E-state index contributed by atoms with van der Waals surface area (Å²) in [5.74, 6) is 0.770. The van der Waals surface area contributed by atoms with E-state index in [4.69, 9.17) is 0 Å². The summed E-state index contributed by atoms with van der Waals surface area (Å²) in [5, 5.41) is 3.72. The van der Waals surface area contributed by atoms with E-state index in [1.807, 2.05) is 0 Å². The predicted octanol–water partition coefficient (Wildman–Crippen LogP) is 2.89. The zero-order valence-electron chi connectivity index (χ0n) is 11.6. The van der Waals surface area contributed by atoms with Gasteiger partial charge in [-0.3, -0.25) is 4.90 Å². The summed E-state index contributed by atoms with van der Waals surface area (Å²) in [5.41, 5.74) is 0. The van der Waals surface area contributed by atoms with E-state index in [0.29, 0.717) is 0 Å². The summed E-state index contributed by atoms with van der Waals surface area (Å²) in [4.78, 5) is 2.73. The fraction of sp³-hybridized carbons (Fsp3) is 1.00. The van der Waals surface area contributed by atoms with Crippen LogP contribution in [0, 0.1) is 5.92 Å². The van der Waals surface area contributed by atoms with Gasteiger partial charge in [-0.2, -0.15) is 0 Å². The Balaban J connectivity index is 2.47. The molecule has 0 aromatic rings. The van der Waals surface area contributed by atoms with E-state index in [1.165, 1.54) is 45.3 Å². The number of nitrogens with one attached hydrogen (secondary N) is 1. The maximum Gasteiger partial charge on any atom is 0.0244 e. The van der Waals surface area contributed by atoms with Crippen LogP contribution in [0.5, 0.6) is 0 Å². The molecular weight excluding hydrogens is 196 g/mol. The molecule has 96 valence electrons. The Kier molecular flexibility index (Phi) is 6.37. The summed E-state index contributed by atoms with van der Waals surface area (Å²) in [6.07, 6.45) is 5.29. The Morgan fingerprint density at radius 1 is 1.25 bits per heavy atom. The van der Waals surface area contributed by atoms with Crippen molar-refractivity contribution in [3.8, 4) is 0 Å². The van der Waals surface area contributed by atoms with Crippen molar-refractivity contribution in [3.63, 3.8) is 0 Å². The minimum Gasteiger partial charge on any atom is -0.311 e. The first-order valence-electron chi connectivity index (χ1n) is 7.16. The molecule has 0 aromatic heterocycles. The quantitative estimate of drug-likeness (QED) is 0.749. The molecule has 0 aliphatic carbocycles. The van der Waals surface area contributed by atoms with E-state index < -0.39 is 0 Å². The summed E-state index contributed by atoms with van der Waals surface area (Å²) in [7, 11) is 0.